The Hall–Kier alpha value is -0.400. The van der Waals surface area contributed by atoms with Crippen LogP contribution in [0.2, 0.25) is 0 Å². The first kappa shape index (κ1) is 13.0. The fourth-order valence-electron chi connectivity index (χ4n) is 3.04. The van der Waals surface area contributed by atoms with Crippen molar-refractivity contribution in [3.63, 3.8) is 0 Å². The van der Waals surface area contributed by atoms with Gasteiger partial charge in [-0.05, 0) is 37.2 Å². The van der Waals surface area contributed by atoms with Crippen LogP contribution in [0.5, 0.6) is 0 Å². The maximum atomic E-state index is 5.15. The third-order valence-electron chi connectivity index (χ3n) is 4.37. The van der Waals surface area contributed by atoms with Gasteiger partial charge in [-0.15, -0.1) is 0 Å². The number of rotatable bonds is 3. The fourth-order valence-corrected chi connectivity index (χ4v) is 3.48. The zero-order valence-electron chi connectivity index (χ0n) is 11.0. The van der Waals surface area contributed by atoms with Gasteiger partial charge in [0.05, 0.1) is 7.11 Å². The number of hydrogen-bond donors (Lipinski definition) is 0. The van der Waals surface area contributed by atoms with E-state index in [0.717, 1.165) is 11.8 Å². The minimum atomic E-state index is 0.531. The molecular weight excluding hydrogens is 231 g/mol. The van der Waals surface area contributed by atoms with Crippen molar-refractivity contribution in [1.29, 1.82) is 0 Å². The second-order valence-corrected chi connectivity index (χ2v) is 6.03. The standard InChI is InChI=1S/C13H23N2OP/c1-4-12(16-3)14-8-11-7-13(11)5-6-15(17)9-10(13)2/h4,8,10-11H,5-7,9,17H2,1-3H3/b12-4+,14-8?/t10-,11?,13?/m1/s1. The van der Waals surface area contributed by atoms with E-state index in [-0.39, 0.29) is 0 Å². The Balaban J connectivity index is 1.95. The summed E-state index contributed by atoms with van der Waals surface area (Å²) in [4.78, 5) is 4.42. The van der Waals surface area contributed by atoms with E-state index >= 15 is 0 Å². The lowest BCUT2D eigenvalue weighted by Gasteiger charge is -2.35. The molecule has 3 unspecified atom stereocenters. The first-order valence-electron chi connectivity index (χ1n) is 6.36. The van der Waals surface area contributed by atoms with E-state index in [1.807, 2.05) is 13.0 Å². The second-order valence-electron chi connectivity index (χ2n) is 5.30. The lowest BCUT2D eigenvalue weighted by atomic mass is 9.82. The number of piperidine rings is 1. The van der Waals surface area contributed by atoms with Crippen LogP contribution in [-0.4, -0.2) is 31.1 Å². The van der Waals surface area contributed by atoms with Gasteiger partial charge in [0, 0.05) is 25.2 Å². The van der Waals surface area contributed by atoms with Crippen molar-refractivity contribution in [2.24, 2.45) is 22.2 Å². The molecule has 1 saturated carbocycles. The summed E-state index contributed by atoms with van der Waals surface area (Å²) in [6.07, 6.45) is 6.61. The topological polar surface area (TPSA) is 24.8 Å². The number of aliphatic imine (C=N–C) groups is 1. The highest BCUT2D eigenvalue weighted by molar-refractivity contribution is 7.13. The molecule has 4 heteroatoms. The van der Waals surface area contributed by atoms with Crippen LogP contribution in [0.15, 0.2) is 17.0 Å². The Morgan fingerprint density at radius 2 is 2.35 bits per heavy atom. The highest BCUT2D eigenvalue weighted by Crippen LogP contribution is 2.61. The van der Waals surface area contributed by atoms with Gasteiger partial charge in [-0.2, -0.15) is 0 Å². The van der Waals surface area contributed by atoms with Crippen LogP contribution >= 0.6 is 9.39 Å². The van der Waals surface area contributed by atoms with E-state index < -0.39 is 0 Å². The van der Waals surface area contributed by atoms with E-state index in [9.17, 15) is 0 Å². The average molecular weight is 254 g/mol. The molecule has 0 radical (unpaired) electrons. The number of hydrogen-bond acceptors (Lipinski definition) is 3. The van der Waals surface area contributed by atoms with E-state index in [0.29, 0.717) is 11.3 Å². The van der Waals surface area contributed by atoms with Gasteiger partial charge in [0.15, 0.2) is 0 Å². The van der Waals surface area contributed by atoms with E-state index in [2.05, 4.69) is 32.2 Å². The maximum Gasteiger partial charge on any atom is 0.208 e. The molecule has 1 aliphatic heterocycles. The smallest absolute Gasteiger partial charge is 0.208 e. The van der Waals surface area contributed by atoms with Crippen molar-refractivity contribution in [3.8, 4) is 0 Å². The second kappa shape index (κ2) is 5.07. The molecule has 1 aliphatic carbocycles. The zero-order chi connectivity index (χ0) is 12.5. The fraction of sp³-hybridized carbons (Fsp3) is 0.769. The molecule has 0 bridgehead atoms. The van der Waals surface area contributed by atoms with Gasteiger partial charge in [-0.1, -0.05) is 16.3 Å². The van der Waals surface area contributed by atoms with Gasteiger partial charge in [0.25, 0.3) is 0 Å². The molecule has 1 spiro atoms. The van der Waals surface area contributed by atoms with Crippen LogP contribution in [-0.2, 0) is 4.74 Å². The summed E-state index contributed by atoms with van der Waals surface area (Å²) >= 11 is 0. The van der Waals surface area contributed by atoms with Crippen LogP contribution in [0.1, 0.15) is 26.7 Å². The third kappa shape index (κ3) is 2.56. The summed E-state index contributed by atoms with van der Waals surface area (Å²) in [5.74, 6) is 2.14. The summed E-state index contributed by atoms with van der Waals surface area (Å²) in [7, 11) is 4.50. The van der Waals surface area contributed by atoms with Gasteiger partial charge in [0.2, 0.25) is 5.88 Å². The van der Waals surface area contributed by atoms with Crippen LogP contribution in [0.3, 0.4) is 0 Å². The zero-order valence-corrected chi connectivity index (χ0v) is 12.2. The van der Waals surface area contributed by atoms with Crippen LogP contribution in [0, 0.1) is 17.3 Å². The molecule has 0 N–H and O–H groups in total. The summed E-state index contributed by atoms with van der Waals surface area (Å²) in [6, 6.07) is 0. The first-order valence-corrected chi connectivity index (χ1v) is 6.88. The van der Waals surface area contributed by atoms with E-state index in [1.165, 1.54) is 25.9 Å². The van der Waals surface area contributed by atoms with Crippen LogP contribution < -0.4 is 0 Å². The molecule has 0 aromatic heterocycles. The maximum absolute atomic E-state index is 5.15. The molecule has 1 saturated heterocycles. The molecule has 0 aromatic rings. The lowest BCUT2D eigenvalue weighted by molar-refractivity contribution is 0.181. The molecule has 0 amide bonds. The normalized spacial score (nSPS) is 38.9. The third-order valence-corrected chi connectivity index (χ3v) is 4.84. The predicted molar refractivity (Wildman–Crippen MR) is 74.9 cm³/mol. The van der Waals surface area contributed by atoms with E-state index in [1.54, 1.807) is 7.11 Å². The van der Waals surface area contributed by atoms with E-state index in [4.69, 9.17) is 4.74 Å². The molecule has 0 aromatic carbocycles. The molecule has 2 fully saturated rings. The molecule has 96 valence electrons. The number of ether oxygens (including phenoxy) is 1. The predicted octanol–water partition coefficient (Wildman–Crippen LogP) is 2.70. The average Bonchev–Trinajstić information content (AvgIpc) is 3.01. The molecule has 3 nitrogen and oxygen atoms in total. The number of nitrogens with zero attached hydrogens (tertiary/aromatic N) is 2. The molecule has 2 rings (SSSR count). The van der Waals surface area contributed by atoms with Crippen molar-refractivity contribution in [3.05, 3.63) is 12.0 Å². The summed E-state index contributed by atoms with van der Waals surface area (Å²) in [5, 5.41) is 0. The summed E-state index contributed by atoms with van der Waals surface area (Å²) in [6.45, 7) is 6.71. The van der Waals surface area contributed by atoms with Gasteiger partial charge in [0.1, 0.15) is 0 Å². The van der Waals surface area contributed by atoms with Gasteiger partial charge >= 0.3 is 0 Å². The van der Waals surface area contributed by atoms with Crippen molar-refractivity contribution in [1.82, 2.24) is 4.67 Å². The molecule has 2 aliphatic rings. The summed E-state index contributed by atoms with van der Waals surface area (Å²) < 4.78 is 7.51. The molecule has 1 heterocycles. The Labute approximate surface area is 107 Å². The minimum absolute atomic E-state index is 0.531. The Morgan fingerprint density at radius 3 is 2.94 bits per heavy atom. The van der Waals surface area contributed by atoms with Gasteiger partial charge in [-0.3, -0.25) is 4.67 Å². The van der Waals surface area contributed by atoms with Crippen LogP contribution in [0.25, 0.3) is 0 Å². The van der Waals surface area contributed by atoms with Crippen molar-refractivity contribution < 1.29 is 4.74 Å². The summed E-state index contributed by atoms with van der Waals surface area (Å²) in [5.41, 5.74) is 0.531. The Kier molecular flexibility index (Phi) is 3.89. The quantitative estimate of drug-likeness (QED) is 0.439. The number of allylic oxidation sites excluding steroid dienone is 1. The monoisotopic (exact) mass is 254 g/mol. The Bertz CT molecular complexity index is 342. The van der Waals surface area contributed by atoms with Gasteiger partial charge in [-0.25, -0.2) is 4.99 Å². The molecular formula is C13H23N2OP. The van der Waals surface area contributed by atoms with Crippen molar-refractivity contribution in [2.75, 3.05) is 20.2 Å². The first-order chi connectivity index (χ1) is 8.12. The Morgan fingerprint density at radius 1 is 1.59 bits per heavy atom. The SMILES string of the molecule is C/C=C(\N=CC1CC12CCN(P)C[C@H]2C)OC. The highest BCUT2D eigenvalue weighted by Gasteiger charge is 2.57. The molecule has 4 atom stereocenters. The van der Waals surface area contributed by atoms with Crippen molar-refractivity contribution in [2.45, 2.75) is 26.7 Å². The van der Waals surface area contributed by atoms with Crippen molar-refractivity contribution >= 4 is 15.6 Å². The van der Waals surface area contributed by atoms with Crippen LogP contribution in [0.4, 0.5) is 0 Å². The van der Waals surface area contributed by atoms with Gasteiger partial charge < -0.3 is 4.74 Å². The molecule has 17 heavy (non-hydrogen) atoms. The minimum Gasteiger partial charge on any atom is -0.481 e. The lowest BCUT2D eigenvalue weighted by Crippen LogP contribution is -2.35. The highest BCUT2D eigenvalue weighted by atomic mass is 31.0. The number of methoxy groups -OCH3 is 1. The largest absolute Gasteiger partial charge is 0.481 e.